The average molecular weight is 406 g/mol. The van der Waals surface area contributed by atoms with Gasteiger partial charge < -0.3 is 4.74 Å². The topological polar surface area (TPSA) is 81.7 Å². The minimum absolute atomic E-state index is 0.146. The number of carbonyl (C=O) groups is 1. The number of carbonyl (C=O) groups excluding carboxylic acids is 1. The lowest BCUT2D eigenvalue weighted by Gasteiger charge is -2.19. The Labute approximate surface area is 151 Å². The highest BCUT2D eigenvalue weighted by Crippen LogP contribution is 2.27. The summed E-state index contributed by atoms with van der Waals surface area (Å²) in [4.78, 5) is 10.9. The molecule has 0 spiro atoms. The predicted molar refractivity (Wildman–Crippen MR) is 88.7 cm³/mol. The molecule has 0 aliphatic rings. The molecule has 0 aromatic heterocycles. The summed E-state index contributed by atoms with van der Waals surface area (Å²) < 4.78 is 42.0. The van der Waals surface area contributed by atoms with E-state index in [0.717, 1.165) is 0 Å². The van der Waals surface area contributed by atoms with Crippen LogP contribution >= 0.6 is 34.8 Å². The van der Waals surface area contributed by atoms with E-state index >= 15 is 0 Å². The van der Waals surface area contributed by atoms with Crippen LogP contribution in [0.4, 0.5) is 0 Å². The van der Waals surface area contributed by atoms with Crippen molar-refractivity contribution < 1.29 is 23.5 Å². The Bertz CT molecular complexity index is 653. The van der Waals surface area contributed by atoms with Crippen molar-refractivity contribution >= 4 is 51.1 Å². The SMILES string of the molecule is [2H]C(CCOC(C)=O)(NS(=O)(=O)OCC(Cl)(Cl)Cl)c1ccccc1. The summed E-state index contributed by atoms with van der Waals surface area (Å²) in [6.07, 6.45) is -0.146. The molecule has 10 heteroatoms. The van der Waals surface area contributed by atoms with Gasteiger partial charge in [0.1, 0.15) is 6.61 Å². The quantitative estimate of drug-likeness (QED) is 0.531. The van der Waals surface area contributed by atoms with Crippen molar-refractivity contribution in [3.8, 4) is 0 Å². The third-order valence-corrected chi connectivity index (χ3v) is 3.66. The fourth-order valence-corrected chi connectivity index (χ4v) is 2.79. The van der Waals surface area contributed by atoms with E-state index in [2.05, 4.69) is 8.91 Å². The van der Waals surface area contributed by atoms with E-state index in [0.29, 0.717) is 5.56 Å². The number of alkyl halides is 3. The molecule has 1 atom stereocenters. The number of hydrogen-bond donors (Lipinski definition) is 1. The second-order valence-corrected chi connectivity index (χ2v) is 8.23. The minimum Gasteiger partial charge on any atom is -0.466 e. The first kappa shape index (κ1) is 18.8. The van der Waals surface area contributed by atoms with Crippen LogP contribution in [0, 0.1) is 0 Å². The first-order chi connectivity index (χ1) is 10.9. The van der Waals surface area contributed by atoms with E-state index in [1.165, 1.54) is 6.92 Å². The molecule has 1 aromatic rings. The molecule has 0 amide bonds. The van der Waals surface area contributed by atoms with Gasteiger partial charge in [0.15, 0.2) is 0 Å². The van der Waals surface area contributed by atoms with Crippen molar-refractivity contribution in [2.24, 2.45) is 0 Å². The second-order valence-electron chi connectivity index (χ2n) is 4.37. The van der Waals surface area contributed by atoms with Crippen molar-refractivity contribution in [3.63, 3.8) is 0 Å². The molecule has 6 nitrogen and oxygen atoms in total. The number of ether oxygens (including phenoxy) is 1. The number of nitrogens with one attached hydrogen (secondary N) is 1. The largest absolute Gasteiger partial charge is 0.466 e. The molecule has 0 bridgehead atoms. The number of hydrogen-bond acceptors (Lipinski definition) is 5. The summed E-state index contributed by atoms with van der Waals surface area (Å²) in [7, 11) is -4.40. The Hall–Kier alpha value is -0.570. The van der Waals surface area contributed by atoms with E-state index < -0.39 is 32.7 Å². The molecule has 1 rings (SSSR count). The van der Waals surface area contributed by atoms with Crippen LogP contribution < -0.4 is 4.72 Å². The summed E-state index contributed by atoms with van der Waals surface area (Å²) in [5.41, 5.74) is 0.332. The van der Waals surface area contributed by atoms with Crippen LogP contribution in [-0.2, 0) is 24.0 Å². The van der Waals surface area contributed by atoms with Crippen LogP contribution in [0.15, 0.2) is 30.3 Å². The lowest BCUT2D eigenvalue weighted by Crippen LogP contribution is -2.33. The minimum atomic E-state index is -4.40. The Morgan fingerprint density at radius 2 is 1.96 bits per heavy atom. The van der Waals surface area contributed by atoms with Gasteiger partial charge in [0.05, 0.1) is 14.0 Å². The monoisotopic (exact) mass is 404 g/mol. The number of rotatable bonds is 8. The Morgan fingerprint density at radius 3 is 2.48 bits per heavy atom. The van der Waals surface area contributed by atoms with Crippen molar-refractivity contribution in [1.82, 2.24) is 4.72 Å². The molecule has 0 fully saturated rings. The van der Waals surface area contributed by atoms with Gasteiger partial charge in [-0.1, -0.05) is 65.1 Å². The molecule has 0 aliphatic heterocycles. The van der Waals surface area contributed by atoms with Gasteiger partial charge in [0, 0.05) is 13.3 Å². The van der Waals surface area contributed by atoms with Crippen molar-refractivity contribution in [2.45, 2.75) is 23.2 Å². The number of benzene rings is 1. The Balaban J connectivity index is 2.95. The van der Waals surface area contributed by atoms with Gasteiger partial charge in [0.25, 0.3) is 0 Å². The van der Waals surface area contributed by atoms with Crippen molar-refractivity contribution in [2.75, 3.05) is 13.2 Å². The summed E-state index contributed by atoms with van der Waals surface area (Å²) >= 11 is 16.4. The Kier molecular flexibility index (Phi) is 7.39. The molecular formula is C13H16Cl3NO5S. The smallest absolute Gasteiger partial charge is 0.336 e. The van der Waals surface area contributed by atoms with E-state index in [9.17, 15) is 13.2 Å². The van der Waals surface area contributed by atoms with Gasteiger partial charge >= 0.3 is 16.3 Å². The van der Waals surface area contributed by atoms with Gasteiger partial charge in [-0.25, -0.2) is 0 Å². The van der Waals surface area contributed by atoms with E-state index in [-0.39, 0.29) is 13.0 Å². The number of esters is 1. The predicted octanol–water partition coefficient (Wildman–Crippen LogP) is 2.90. The van der Waals surface area contributed by atoms with Gasteiger partial charge in [-0.15, -0.1) is 0 Å². The van der Waals surface area contributed by atoms with Crippen molar-refractivity contribution in [1.29, 1.82) is 0 Å². The molecule has 130 valence electrons. The first-order valence-corrected chi connectivity index (χ1v) is 8.92. The standard InChI is InChI=1S/C13H16Cl3NO5S/c1-10(18)21-8-7-12(11-5-3-2-4-6-11)17-23(19,20)22-9-13(14,15)16/h2-6,12,17H,7-9H2,1H3/i12D. The molecule has 0 saturated carbocycles. The third kappa shape index (κ3) is 9.34. The molecule has 0 aliphatic carbocycles. The third-order valence-electron chi connectivity index (χ3n) is 2.41. The van der Waals surface area contributed by atoms with Gasteiger partial charge in [-0.05, 0) is 5.56 Å². The maximum Gasteiger partial charge on any atom is 0.336 e. The van der Waals surface area contributed by atoms with Crippen molar-refractivity contribution in [3.05, 3.63) is 35.9 Å². The number of halogens is 3. The van der Waals surface area contributed by atoms with Crippen LogP contribution in [0.2, 0.25) is 0 Å². The fraction of sp³-hybridized carbons (Fsp3) is 0.462. The van der Waals surface area contributed by atoms with Gasteiger partial charge in [-0.2, -0.15) is 13.1 Å². The highest BCUT2D eigenvalue weighted by atomic mass is 35.6. The lowest BCUT2D eigenvalue weighted by atomic mass is 10.1. The molecule has 0 saturated heterocycles. The van der Waals surface area contributed by atoms with Crippen LogP contribution in [0.25, 0.3) is 0 Å². The summed E-state index contributed by atoms with van der Waals surface area (Å²) in [6.45, 7) is 0.324. The van der Waals surface area contributed by atoms with Crippen LogP contribution in [-0.4, -0.2) is 31.4 Å². The van der Waals surface area contributed by atoms with Crippen LogP contribution in [0.1, 0.15) is 26.3 Å². The molecule has 1 unspecified atom stereocenters. The van der Waals surface area contributed by atoms with E-state index in [1.54, 1.807) is 30.3 Å². The molecular weight excluding hydrogens is 389 g/mol. The molecule has 1 aromatic carbocycles. The van der Waals surface area contributed by atoms with Crippen LogP contribution in [0.3, 0.4) is 0 Å². The Morgan fingerprint density at radius 1 is 1.35 bits per heavy atom. The van der Waals surface area contributed by atoms with Gasteiger partial charge in [0.2, 0.25) is 3.79 Å². The molecule has 0 heterocycles. The lowest BCUT2D eigenvalue weighted by molar-refractivity contribution is -0.141. The maximum atomic E-state index is 12.0. The molecule has 23 heavy (non-hydrogen) atoms. The zero-order chi connectivity index (χ0) is 18.4. The highest BCUT2D eigenvalue weighted by Gasteiger charge is 2.26. The zero-order valence-corrected chi connectivity index (χ0v) is 15.2. The highest BCUT2D eigenvalue weighted by molar-refractivity contribution is 7.84. The average Bonchev–Trinajstić information content (AvgIpc) is 2.45. The van der Waals surface area contributed by atoms with E-state index in [4.69, 9.17) is 40.9 Å². The van der Waals surface area contributed by atoms with E-state index in [1.807, 2.05) is 0 Å². The summed E-state index contributed by atoms with van der Waals surface area (Å²) in [5, 5.41) is 0. The second kappa shape index (κ2) is 9.05. The fourth-order valence-electron chi connectivity index (χ4n) is 1.52. The molecule has 1 N–H and O–H groups in total. The normalized spacial score (nSPS) is 15.6. The summed E-state index contributed by atoms with van der Waals surface area (Å²) in [5.74, 6) is -0.541. The maximum absolute atomic E-state index is 12.0. The van der Waals surface area contributed by atoms with Crippen LogP contribution in [0.5, 0.6) is 0 Å². The molecule has 0 radical (unpaired) electrons. The first-order valence-electron chi connectivity index (χ1n) is 6.87. The summed E-state index contributed by atoms with van der Waals surface area (Å²) in [6, 6.07) is 6.27. The zero-order valence-electron chi connectivity index (χ0n) is 13.1. The van der Waals surface area contributed by atoms with Gasteiger partial charge in [-0.3, -0.25) is 8.98 Å².